The SMILES string of the molecule is C1=CC/C=C/C=C\CC/C=C/1. The molecule has 0 aromatic heterocycles. The minimum Gasteiger partial charge on any atom is -0.0842 e. The molecule has 0 heterocycles. The van der Waals surface area contributed by atoms with Crippen molar-refractivity contribution in [3.8, 4) is 0 Å². The Morgan fingerprint density at radius 1 is 0.545 bits per heavy atom. The van der Waals surface area contributed by atoms with Gasteiger partial charge in [-0.05, 0) is 19.3 Å². The minimum absolute atomic E-state index is 1.04. The first-order valence-corrected chi connectivity index (χ1v) is 4.13. The van der Waals surface area contributed by atoms with Crippen molar-refractivity contribution in [3.05, 3.63) is 48.6 Å². The van der Waals surface area contributed by atoms with Crippen molar-refractivity contribution in [2.75, 3.05) is 0 Å². The zero-order valence-electron chi connectivity index (χ0n) is 6.74. The number of hydrogen-bond donors (Lipinski definition) is 0. The Balaban J connectivity index is 2.47. The van der Waals surface area contributed by atoms with E-state index in [1.54, 1.807) is 0 Å². The maximum absolute atomic E-state index is 2.20. The Hall–Kier alpha value is -1.04. The maximum Gasteiger partial charge on any atom is -0.0163 e. The van der Waals surface area contributed by atoms with Crippen LogP contribution < -0.4 is 0 Å². The van der Waals surface area contributed by atoms with Crippen LogP contribution in [0.15, 0.2) is 48.6 Å². The molecule has 58 valence electrons. The predicted octanol–water partition coefficient (Wildman–Crippen LogP) is 3.40. The monoisotopic (exact) mass is 146 g/mol. The van der Waals surface area contributed by atoms with Crippen molar-refractivity contribution < 1.29 is 0 Å². The smallest absolute Gasteiger partial charge is 0.0163 e. The molecule has 0 saturated heterocycles. The molecular weight excluding hydrogens is 132 g/mol. The highest BCUT2D eigenvalue weighted by atomic mass is 13.8. The summed E-state index contributed by atoms with van der Waals surface area (Å²) in [6, 6.07) is 0. The lowest BCUT2D eigenvalue weighted by Crippen LogP contribution is -1.61. The van der Waals surface area contributed by atoms with Gasteiger partial charge in [-0.15, -0.1) is 0 Å². The largest absolute Gasteiger partial charge is 0.0842 e. The van der Waals surface area contributed by atoms with E-state index in [1.807, 2.05) is 0 Å². The second-order valence-corrected chi connectivity index (χ2v) is 2.53. The van der Waals surface area contributed by atoms with Gasteiger partial charge in [0.15, 0.2) is 0 Å². The third kappa shape index (κ3) is 4.38. The molecule has 1 aliphatic rings. The summed E-state index contributed by atoms with van der Waals surface area (Å²) in [6.45, 7) is 0. The van der Waals surface area contributed by atoms with Crippen LogP contribution in [0.2, 0.25) is 0 Å². The molecule has 0 unspecified atom stereocenters. The number of hydrogen-bond acceptors (Lipinski definition) is 0. The van der Waals surface area contributed by atoms with E-state index in [0.717, 1.165) is 19.3 Å². The zero-order valence-corrected chi connectivity index (χ0v) is 6.74. The molecule has 0 saturated carbocycles. The van der Waals surface area contributed by atoms with Gasteiger partial charge in [0, 0.05) is 0 Å². The summed E-state index contributed by atoms with van der Waals surface area (Å²) in [5.74, 6) is 0. The topological polar surface area (TPSA) is 0 Å². The summed E-state index contributed by atoms with van der Waals surface area (Å²) in [7, 11) is 0. The van der Waals surface area contributed by atoms with Crippen molar-refractivity contribution in [1.29, 1.82) is 0 Å². The van der Waals surface area contributed by atoms with Crippen LogP contribution in [-0.2, 0) is 0 Å². The van der Waals surface area contributed by atoms with Crippen molar-refractivity contribution >= 4 is 0 Å². The van der Waals surface area contributed by atoms with E-state index in [1.165, 1.54) is 0 Å². The first-order valence-electron chi connectivity index (χ1n) is 4.13. The van der Waals surface area contributed by atoms with Crippen LogP contribution in [0, 0.1) is 0 Å². The first-order chi connectivity index (χ1) is 5.50. The Morgan fingerprint density at radius 2 is 1.00 bits per heavy atom. The summed E-state index contributed by atoms with van der Waals surface area (Å²) >= 11 is 0. The maximum atomic E-state index is 2.20. The molecule has 0 aromatic carbocycles. The quantitative estimate of drug-likeness (QED) is 0.491. The molecule has 0 atom stereocenters. The molecule has 0 spiro atoms. The minimum atomic E-state index is 1.04. The highest BCUT2D eigenvalue weighted by Gasteiger charge is 1.76. The summed E-state index contributed by atoms with van der Waals surface area (Å²) in [6.07, 6.45) is 20.5. The Morgan fingerprint density at radius 3 is 1.55 bits per heavy atom. The van der Waals surface area contributed by atoms with Crippen LogP contribution in [0.5, 0.6) is 0 Å². The van der Waals surface area contributed by atoms with Crippen LogP contribution >= 0.6 is 0 Å². The van der Waals surface area contributed by atoms with Gasteiger partial charge in [0.2, 0.25) is 0 Å². The van der Waals surface area contributed by atoms with E-state index >= 15 is 0 Å². The van der Waals surface area contributed by atoms with E-state index in [2.05, 4.69) is 48.6 Å². The molecule has 0 nitrogen and oxygen atoms in total. The molecule has 0 aromatic rings. The first kappa shape index (κ1) is 8.06. The van der Waals surface area contributed by atoms with Gasteiger partial charge in [-0.2, -0.15) is 0 Å². The van der Waals surface area contributed by atoms with Crippen LogP contribution in [0.25, 0.3) is 0 Å². The molecule has 0 fully saturated rings. The molecule has 0 N–H and O–H groups in total. The number of allylic oxidation sites excluding steroid dienone is 8. The molecule has 0 aliphatic heterocycles. The van der Waals surface area contributed by atoms with Crippen molar-refractivity contribution in [3.63, 3.8) is 0 Å². The second kappa shape index (κ2) is 5.72. The Bertz CT molecular complexity index is 170. The van der Waals surface area contributed by atoms with E-state index in [9.17, 15) is 0 Å². The molecule has 0 heteroatoms. The molecule has 0 amide bonds. The fraction of sp³-hybridized carbons (Fsp3) is 0.273. The lowest BCUT2D eigenvalue weighted by atomic mass is 10.2. The van der Waals surface area contributed by atoms with Crippen molar-refractivity contribution in [1.82, 2.24) is 0 Å². The van der Waals surface area contributed by atoms with Crippen LogP contribution in [0.3, 0.4) is 0 Å². The number of rotatable bonds is 0. The normalized spacial score (nSPS) is 26.9. The fourth-order valence-corrected chi connectivity index (χ4v) is 0.935. The highest BCUT2D eigenvalue weighted by Crippen LogP contribution is 1.96. The standard InChI is InChI=1S/C11H14/c1-2-4-6-8-10-11-9-7-5-3-1/h1-4,7,9-11H,5-6,8H2/b3-1+,4-2-,9-7?,11-10+. The van der Waals surface area contributed by atoms with E-state index in [4.69, 9.17) is 0 Å². The molecular formula is C11H14. The zero-order chi connectivity index (χ0) is 7.78. The summed E-state index contributed by atoms with van der Waals surface area (Å²) in [5.41, 5.74) is 0. The summed E-state index contributed by atoms with van der Waals surface area (Å²) in [5, 5.41) is 0. The van der Waals surface area contributed by atoms with Gasteiger partial charge in [-0.25, -0.2) is 0 Å². The second-order valence-electron chi connectivity index (χ2n) is 2.53. The van der Waals surface area contributed by atoms with Gasteiger partial charge in [0.1, 0.15) is 0 Å². The summed E-state index contributed by atoms with van der Waals surface area (Å²) < 4.78 is 0. The van der Waals surface area contributed by atoms with Gasteiger partial charge in [-0.1, -0.05) is 48.6 Å². The van der Waals surface area contributed by atoms with Gasteiger partial charge in [0.05, 0.1) is 0 Å². The van der Waals surface area contributed by atoms with Crippen LogP contribution in [-0.4, -0.2) is 0 Å². The van der Waals surface area contributed by atoms with E-state index < -0.39 is 0 Å². The average Bonchev–Trinajstić information content (AvgIpc) is 2.08. The van der Waals surface area contributed by atoms with Gasteiger partial charge < -0.3 is 0 Å². The predicted molar refractivity (Wildman–Crippen MR) is 50.4 cm³/mol. The fourth-order valence-electron chi connectivity index (χ4n) is 0.935. The van der Waals surface area contributed by atoms with E-state index in [0.29, 0.717) is 0 Å². The van der Waals surface area contributed by atoms with E-state index in [-0.39, 0.29) is 0 Å². The van der Waals surface area contributed by atoms with Gasteiger partial charge in [-0.3, -0.25) is 0 Å². The van der Waals surface area contributed by atoms with Gasteiger partial charge >= 0.3 is 0 Å². The molecule has 0 radical (unpaired) electrons. The Kier molecular flexibility index (Phi) is 4.19. The van der Waals surface area contributed by atoms with Crippen LogP contribution in [0.4, 0.5) is 0 Å². The lowest BCUT2D eigenvalue weighted by Gasteiger charge is -1.82. The molecule has 1 rings (SSSR count). The highest BCUT2D eigenvalue weighted by molar-refractivity contribution is 5.10. The van der Waals surface area contributed by atoms with Crippen LogP contribution in [0.1, 0.15) is 19.3 Å². The van der Waals surface area contributed by atoms with Gasteiger partial charge in [0.25, 0.3) is 0 Å². The van der Waals surface area contributed by atoms with Crippen molar-refractivity contribution in [2.45, 2.75) is 19.3 Å². The molecule has 1 aliphatic carbocycles. The third-order valence-electron chi connectivity index (χ3n) is 1.54. The summed E-state index contributed by atoms with van der Waals surface area (Å²) in [4.78, 5) is 0. The lowest BCUT2D eigenvalue weighted by molar-refractivity contribution is 1.05. The Labute approximate surface area is 68.6 Å². The molecule has 11 heavy (non-hydrogen) atoms. The third-order valence-corrected chi connectivity index (χ3v) is 1.54. The average molecular weight is 146 g/mol. The molecule has 0 bridgehead atoms. The van der Waals surface area contributed by atoms with Crippen molar-refractivity contribution in [2.24, 2.45) is 0 Å².